The van der Waals surface area contributed by atoms with Crippen LogP contribution in [0.2, 0.25) is 0 Å². The highest BCUT2D eigenvalue weighted by Gasteiger charge is 2.58. The summed E-state index contributed by atoms with van der Waals surface area (Å²) in [6.07, 6.45) is 0.802. The Bertz CT molecular complexity index is 1420. The van der Waals surface area contributed by atoms with Crippen LogP contribution in [-0.4, -0.2) is 93.2 Å². The number of nitrogens with one attached hydrogen (secondary N) is 1. The molecule has 2 unspecified atom stereocenters. The van der Waals surface area contributed by atoms with Crippen LogP contribution in [0.25, 0.3) is 0 Å². The Morgan fingerprint density at radius 2 is 1.83 bits per heavy atom. The first-order valence-electron chi connectivity index (χ1n) is 13.6. The molecule has 1 aliphatic carbocycles. The van der Waals surface area contributed by atoms with E-state index in [1.165, 1.54) is 14.0 Å². The number of nitriles is 1. The van der Waals surface area contributed by atoms with Crippen molar-refractivity contribution in [1.82, 2.24) is 15.1 Å². The lowest BCUT2D eigenvalue weighted by molar-refractivity contribution is -0.124. The molecule has 41 heavy (non-hydrogen) atoms. The number of likely N-dealkylation sites (N-methyl/N-ethyl adjacent to an activating group) is 1. The van der Waals surface area contributed by atoms with E-state index in [1.54, 1.807) is 21.1 Å². The Morgan fingerprint density at radius 1 is 1.10 bits per heavy atom. The number of fused-ring (bicyclic) bond motifs is 6. The van der Waals surface area contributed by atoms with Gasteiger partial charge < -0.3 is 24.3 Å². The standard InChI is InChI=1S/C30H36N4O7/c1-14-8-17-9-19-21(11-31)34-20(25(33(19)4)23(17)30(28(14)39-6)41-13-38-5)10-18-24(22(34)12-32-16(3)35)27(37)29(40-7)15(2)26(18)36/h8,19-22,25H,9-10,12-13H2,1-7H3,(H,32,35)/t19-,20?,21-,22-,25?/m0/s1. The van der Waals surface area contributed by atoms with Gasteiger partial charge in [0.05, 0.1) is 32.4 Å². The molecule has 1 aromatic carbocycles. The molecule has 4 aliphatic rings. The molecule has 5 rings (SSSR count). The van der Waals surface area contributed by atoms with E-state index in [9.17, 15) is 19.6 Å². The zero-order valence-electron chi connectivity index (χ0n) is 24.5. The van der Waals surface area contributed by atoms with Crippen molar-refractivity contribution in [1.29, 1.82) is 5.26 Å². The maximum atomic E-state index is 13.8. The summed E-state index contributed by atoms with van der Waals surface area (Å²) in [4.78, 5) is 43.9. The van der Waals surface area contributed by atoms with Gasteiger partial charge in [-0.15, -0.1) is 0 Å². The van der Waals surface area contributed by atoms with Crippen molar-refractivity contribution in [3.05, 3.63) is 45.2 Å². The number of aryl methyl sites for hydroxylation is 1. The predicted molar refractivity (Wildman–Crippen MR) is 147 cm³/mol. The van der Waals surface area contributed by atoms with Gasteiger partial charge in [-0.25, -0.2) is 0 Å². The molecule has 3 aliphatic heterocycles. The number of rotatable bonds is 7. The van der Waals surface area contributed by atoms with Gasteiger partial charge in [0.1, 0.15) is 6.04 Å². The summed E-state index contributed by atoms with van der Waals surface area (Å²) in [5.74, 6) is 0.262. The first-order chi connectivity index (χ1) is 19.6. The number of piperazine rings is 1. The molecule has 11 nitrogen and oxygen atoms in total. The van der Waals surface area contributed by atoms with Crippen LogP contribution in [0.5, 0.6) is 11.5 Å². The zero-order chi connectivity index (χ0) is 29.7. The van der Waals surface area contributed by atoms with Gasteiger partial charge in [0.2, 0.25) is 11.7 Å². The van der Waals surface area contributed by atoms with Crippen molar-refractivity contribution in [2.75, 3.05) is 41.7 Å². The van der Waals surface area contributed by atoms with E-state index in [0.29, 0.717) is 29.1 Å². The molecule has 5 atom stereocenters. The van der Waals surface area contributed by atoms with Gasteiger partial charge in [-0.05, 0) is 44.9 Å². The fourth-order valence-electron chi connectivity index (χ4n) is 7.29. The van der Waals surface area contributed by atoms with E-state index in [1.807, 2.05) is 18.9 Å². The van der Waals surface area contributed by atoms with Crippen molar-refractivity contribution >= 4 is 17.5 Å². The van der Waals surface area contributed by atoms with Crippen molar-refractivity contribution < 1.29 is 33.3 Å². The van der Waals surface area contributed by atoms with E-state index in [-0.39, 0.29) is 66.7 Å². The molecular weight excluding hydrogens is 528 g/mol. The monoisotopic (exact) mass is 564 g/mol. The molecule has 1 fully saturated rings. The number of allylic oxidation sites excluding steroid dienone is 2. The number of amides is 1. The third kappa shape index (κ3) is 4.33. The summed E-state index contributed by atoms with van der Waals surface area (Å²) in [7, 11) is 6.50. The summed E-state index contributed by atoms with van der Waals surface area (Å²) < 4.78 is 22.6. The molecule has 0 radical (unpaired) electrons. The third-order valence-corrected chi connectivity index (χ3v) is 8.91. The van der Waals surface area contributed by atoms with Crippen LogP contribution in [-0.2, 0) is 30.3 Å². The van der Waals surface area contributed by atoms with Crippen LogP contribution in [0.4, 0.5) is 0 Å². The minimum Gasteiger partial charge on any atom is -0.493 e. The normalized spacial score (nSPS) is 27.5. The summed E-state index contributed by atoms with van der Waals surface area (Å²) in [5, 5.41) is 13.4. The molecule has 1 amide bonds. The molecular formula is C30H36N4O7. The van der Waals surface area contributed by atoms with Crippen LogP contribution < -0.4 is 14.8 Å². The average Bonchev–Trinajstić information content (AvgIpc) is 2.93. The lowest BCUT2D eigenvalue weighted by atomic mass is 9.69. The number of hydrogen-bond donors (Lipinski definition) is 1. The zero-order valence-corrected chi connectivity index (χ0v) is 24.5. The molecule has 1 N–H and O–H groups in total. The number of methoxy groups -OCH3 is 3. The van der Waals surface area contributed by atoms with Crippen molar-refractivity contribution in [2.45, 2.75) is 63.8 Å². The minimum atomic E-state index is -0.706. The van der Waals surface area contributed by atoms with Gasteiger partial charge in [0.25, 0.3) is 0 Å². The quantitative estimate of drug-likeness (QED) is 0.386. The van der Waals surface area contributed by atoms with Crippen molar-refractivity contribution in [3.8, 4) is 17.6 Å². The number of carbonyl (C=O) groups is 3. The molecule has 0 saturated carbocycles. The van der Waals surface area contributed by atoms with Gasteiger partial charge in [0.15, 0.2) is 29.8 Å². The lowest BCUT2D eigenvalue weighted by Crippen LogP contribution is -2.71. The lowest BCUT2D eigenvalue weighted by Gasteiger charge is -2.60. The number of nitrogens with zero attached hydrogens (tertiary/aromatic N) is 3. The fourth-order valence-corrected chi connectivity index (χ4v) is 7.29. The second-order valence-corrected chi connectivity index (χ2v) is 11.0. The first kappa shape index (κ1) is 28.8. The van der Waals surface area contributed by atoms with Gasteiger partial charge in [-0.2, -0.15) is 5.26 Å². The van der Waals surface area contributed by atoms with Gasteiger partial charge >= 0.3 is 0 Å². The molecule has 2 bridgehead atoms. The maximum absolute atomic E-state index is 13.8. The van der Waals surface area contributed by atoms with Crippen LogP contribution in [0.15, 0.2) is 28.5 Å². The Labute approximate surface area is 239 Å². The van der Waals surface area contributed by atoms with Crippen molar-refractivity contribution in [2.24, 2.45) is 0 Å². The average molecular weight is 565 g/mol. The number of benzene rings is 1. The SMILES string of the molecule is COCOc1c(OC)c(C)cc2c1C1C3CC4=C(C(=O)C(OC)=C(C)C4=O)[C@H](CNC(C)=O)N3[C@@H](C#N)[C@H](C2)N1C. The van der Waals surface area contributed by atoms with E-state index in [0.717, 1.165) is 16.7 Å². The molecule has 0 spiro atoms. The van der Waals surface area contributed by atoms with Gasteiger partial charge in [-0.3, -0.25) is 24.2 Å². The number of carbonyl (C=O) groups excluding carboxylic acids is 3. The number of Topliss-reactive ketones (excluding diaryl/α,β-unsaturated/α-hetero) is 2. The maximum Gasteiger partial charge on any atom is 0.226 e. The second-order valence-electron chi connectivity index (χ2n) is 11.0. The van der Waals surface area contributed by atoms with E-state index in [4.69, 9.17) is 18.9 Å². The van der Waals surface area contributed by atoms with Gasteiger partial charge in [0, 0.05) is 54.9 Å². The highest BCUT2D eigenvalue weighted by Crippen LogP contribution is 2.54. The van der Waals surface area contributed by atoms with E-state index in [2.05, 4.69) is 22.4 Å². The molecule has 0 aromatic heterocycles. The Kier molecular flexibility index (Phi) is 7.68. The Hall–Kier alpha value is -3.72. The summed E-state index contributed by atoms with van der Waals surface area (Å²) >= 11 is 0. The smallest absolute Gasteiger partial charge is 0.226 e. The molecule has 1 aromatic rings. The first-order valence-corrected chi connectivity index (χ1v) is 13.6. The predicted octanol–water partition coefficient (Wildman–Crippen LogP) is 1.74. The Balaban J connectivity index is 1.75. The van der Waals surface area contributed by atoms with E-state index >= 15 is 0 Å². The largest absolute Gasteiger partial charge is 0.493 e. The van der Waals surface area contributed by atoms with Crippen LogP contribution >= 0.6 is 0 Å². The number of ketones is 2. The number of hydrogen-bond acceptors (Lipinski definition) is 10. The van der Waals surface area contributed by atoms with Crippen LogP contribution in [0.3, 0.4) is 0 Å². The van der Waals surface area contributed by atoms with Gasteiger partial charge in [-0.1, -0.05) is 6.07 Å². The van der Waals surface area contributed by atoms with Crippen LogP contribution in [0.1, 0.15) is 43.0 Å². The summed E-state index contributed by atoms with van der Waals surface area (Å²) in [6, 6.07) is 2.37. The minimum absolute atomic E-state index is 0.00339. The molecule has 3 heterocycles. The summed E-state index contributed by atoms with van der Waals surface area (Å²) in [6.45, 7) is 5.03. The summed E-state index contributed by atoms with van der Waals surface area (Å²) in [5.41, 5.74) is 3.82. The third-order valence-electron chi connectivity index (χ3n) is 8.91. The molecule has 1 saturated heterocycles. The highest BCUT2D eigenvalue weighted by molar-refractivity contribution is 6.25. The van der Waals surface area contributed by atoms with Crippen molar-refractivity contribution in [3.63, 3.8) is 0 Å². The highest BCUT2D eigenvalue weighted by atomic mass is 16.7. The van der Waals surface area contributed by atoms with Crippen LogP contribution in [0, 0.1) is 18.3 Å². The topological polar surface area (TPSA) is 130 Å². The van der Waals surface area contributed by atoms with E-state index < -0.39 is 12.1 Å². The fraction of sp³-hybridized carbons (Fsp3) is 0.533. The second kappa shape index (κ2) is 10.9. The number of ether oxygens (including phenoxy) is 4. The molecule has 218 valence electrons. The molecule has 11 heteroatoms. The Morgan fingerprint density at radius 3 is 2.44 bits per heavy atom.